The lowest BCUT2D eigenvalue weighted by atomic mass is 10.4. The van der Waals surface area contributed by atoms with E-state index in [2.05, 4.69) is 0 Å². The summed E-state index contributed by atoms with van der Waals surface area (Å²) in [6.45, 7) is 5.83. The van der Waals surface area contributed by atoms with E-state index in [1.54, 1.807) is 6.07 Å². The highest BCUT2D eigenvalue weighted by Crippen LogP contribution is 2.34. The van der Waals surface area contributed by atoms with Crippen molar-refractivity contribution in [3.8, 4) is 0 Å². The second-order valence-electron chi connectivity index (χ2n) is 5.51. The van der Waals surface area contributed by atoms with E-state index >= 15 is 0 Å². The molecule has 18 heavy (non-hydrogen) atoms. The third-order valence-corrected chi connectivity index (χ3v) is 6.25. The second kappa shape index (κ2) is 5.09. The van der Waals surface area contributed by atoms with Crippen LogP contribution in [0.15, 0.2) is 35.2 Å². The van der Waals surface area contributed by atoms with E-state index in [4.69, 9.17) is 0 Å². The fraction of sp³-hybridized carbons (Fsp3) is 0.500. The molecule has 0 heterocycles. The van der Waals surface area contributed by atoms with Gasteiger partial charge in [0.15, 0.2) is 0 Å². The van der Waals surface area contributed by atoms with E-state index in [1.165, 1.54) is 24.3 Å². The Bertz CT molecular complexity index is 493. The number of hydrogen-bond acceptors (Lipinski definition) is 2. The summed E-state index contributed by atoms with van der Waals surface area (Å²) in [5.41, 5.74) is 0. The Labute approximate surface area is 108 Å². The summed E-state index contributed by atoms with van der Waals surface area (Å²) in [6, 6.07) is 7.18. The average molecular weight is 292 g/mol. The molecule has 0 aromatic heterocycles. The maximum atomic E-state index is 13.9. The number of hydrogen-bond donors (Lipinski definition) is 0. The summed E-state index contributed by atoms with van der Waals surface area (Å²) < 4.78 is 51.4. The number of sulfone groups is 1. The van der Waals surface area contributed by atoms with Crippen molar-refractivity contribution in [1.29, 1.82) is 0 Å². The maximum Gasteiger partial charge on any atom is 0.349 e. The zero-order chi connectivity index (χ0) is 14.0. The van der Waals surface area contributed by atoms with Gasteiger partial charge in [-0.3, -0.25) is 0 Å². The molecule has 0 aliphatic heterocycles. The van der Waals surface area contributed by atoms with E-state index in [0.717, 1.165) is 0 Å². The normalized spacial score (nSPS) is 13.6. The first kappa shape index (κ1) is 15.3. The van der Waals surface area contributed by atoms with Crippen LogP contribution in [0.1, 0.15) is 6.42 Å². The molecule has 0 N–H and O–H groups in total. The van der Waals surface area contributed by atoms with Crippen LogP contribution in [-0.2, 0) is 9.84 Å². The molecule has 0 spiro atoms. The molecule has 0 radical (unpaired) electrons. The molecule has 2 nitrogen and oxygen atoms in total. The highest BCUT2D eigenvalue weighted by Gasteiger charge is 2.46. The molecular formula is C12H18F2O2SSi. The number of halogens is 2. The zero-order valence-corrected chi connectivity index (χ0v) is 12.6. The van der Waals surface area contributed by atoms with Crippen LogP contribution in [0.5, 0.6) is 0 Å². The minimum Gasteiger partial charge on any atom is -0.217 e. The molecular weight excluding hydrogens is 274 g/mol. The van der Waals surface area contributed by atoms with Gasteiger partial charge < -0.3 is 0 Å². The highest BCUT2D eigenvalue weighted by atomic mass is 32.2. The monoisotopic (exact) mass is 292 g/mol. The first-order valence-corrected chi connectivity index (χ1v) is 10.9. The van der Waals surface area contributed by atoms with Crippen molar-refractivity contribution in [2.75, 3.05) is 0 Å². The second-order valence-corrected chi connectivity index (χ2v) is 13.2. The van der Waals surface area contributed by atoms with E-state index in [1.807, 2.05) is 19.6 Å². The summed E-state index contributed by atoms with van der Waals surface area (Å²) in [7, 11) is -6.26. The van der Waals surface area contributed by atoms with Crippen LogP contribution in [-0.4, -0.2) is 21.7 Å². The maximum absolute atomic E-state index is 13.9. The lowest BCUT2D eigenvalue weighted by molar-refractivity contribution is 0.0874. The zero-order valence-electron chi connectivity index (χ0n) is 10.8. The van der Waals surface area contributed by atoms with Gasteiger partial charge >= 0.3 is 5.25 Å². The van der Waals surface area contributed by atoms with Crippen molar-refractivity contribution in [2.45, 2.75) is 42.3 Å². The number of rotatable bonds is 5. The molecule has 0 amide bonds. The van der Waals surface area contributed by atoms with Gasteiger partial charge in [-0.25, -0.2) is 8.42 Å². The molecule has 0 saturated carbocycles. The third kappa shape index (κ3) is 3.62. The summed E-state index contributed by atoms with van der Waals surface area (Å²) >= 11 is 0. The SMILES string of the molecule is C[Si](C)(C)CCC(F)(F)S(=O)(=O)c1ccccc1. The standard InChI is InChI=1S/C12H18F2O2SSi/c1-18(2,3)10-9-12(13,14)17(15,16)11-7-5-4-6-8-11/h4-8H,9-10H2,1-3H3. The van der Waals surface area contributed by atoms with Gasteiger partial charge in [0, 0.05) is 14.5 Å². The molecule has 6 heteroatoms. The Hall–Kier alpha value is -0.753. The van der Waals surface area contributed by atoms with Gasteiger partial charge in [0.05, 0.1) is 4.90 Å². The first-order chi connectivity index (χ1) is 8.06. The van der Waals surface area contributed by atoms with Gasteiger partial charge in [0.1, 0.15) is 0 Å². The van der Waals surface area contributed by atoms with E-state index in [0.29, 0.717) is 0 Å². The Morgan fingerprint density at radius 1 is 1.11 bits per heavy atom. The van der Waals surface area contributed by atoms with Crippen LogP contribution in [0.4, 0.5) is 8.78 Å². The van der Waals surface area contributed by atoms with Crippen molar-refractivity contribution in [1.82, 2.24) is 0 Å². The summed E-state index contributed by atoms with van der Waals surface area (Å²) in [5.74, 6) is 0. The lowest BCUT2D eigenvalue weighted by Gasteiger charge is -2.21. The lowest BCUT2D eigenvalue weighted by Crippen LogP contribution is -2.32. The van der Waals surface area contributed by atoms with Crippen molar-refractivity contribution in [2.24, 2.45) is 0 Å². The molecule has 0 aliphatic rings. The minimum atomic E-state index is -4.57. The Kier molecular flexibility index (Phi) is 4.33. The molecule has 1 rings (SSSR count). The van der Waals surface area contributed by atoms with Crippen molar-refractivity contribution in [3.63, 3.8) is 0 Å². The fourth-order valence-electron chi connectivity index (χ4n) is 1.43. The quantitative estimate of drug-likeness (QED) is 0.774. The van der Waals surface area contributed by atoms with Crippen LogP contribution in [0, 0.1) is 0 Å². The van der Waals surface area contributed by atoms with Crippen LogP contribution >= 0.6 is 0 Å². The molecule has 0 saturated heterocycles. The average Bonchev–Trinajstić information content (AvgIpc) is 2.27. The predicted octanol–water partition coefficient (Wildman–Crippen LogP) is 3.78. The molecule has 0 atom stereocenters. The van der Waals surface area contributed by atoms with E-state index < -0.39 is 29.6 Å². The predicted molar refractivity (Wildman–Crippen MR) is 71.3 cm³/mol. The van der Waals surface area contributed by atoms with Gasteiger partial charge in [-0.1, -0.05) is 43.9 Å². The van der Waals surface area contributed by atoms with Gasteiger partial charge in [0.25, 0.3) is 0 Å². The van der Waals surface area contributed by atoms with Gasteiger partial charge in [0.2, 0.25) is 9.84 Å². The summed E-state index contributed by atoms with van der Waals surface area (Å²) in [6.07, 6.45) is -0.597. The van der Waals surface area contributed by atoms with Crippen LogP contribution in [0.3, 0.4) is 0 Å². The van der Waals surface area contributed by atoms with Crippen LogP contribution < -0.4 is 0 Å². The number of benzene rings is 1. The topological polar surface area (TPSA) is 34.1 Å². The molecule has 0 fully saturated rings. The van der Waals surface area contributed by atoms with Crippen LogP contribution in [0.2, 0.25) is 25.7 Å². The number of alkyl halides is 2. The molecule has 102 valence electrons. The Balaban J connectivity index is 2.97. The first-order valence-electron chi connectivity index (χ1n) is 5.74. The molecule has 1 aromatic rings. The molecule has 0 unspecified atom stereocenters. The Morgan fingerprint density at radius 3 is 2.06 bits per heavy atom. The summed E-state index contributed by atoms with van der Waals surface area (Å²) in [5, 5.41) is -3.69. The molecule has 0 bridgehead atoms. The minimum absolute atomic E-state index is 0.284. The Morgan fingerprint density at radius 2 is 1.61 bits per heavy atom. The van der Waals surface area contributed by atoms with Gasteiger partial charge in [-0.2, -0.15) is 8.78 Å². The van der Waals surface area contributed by atoms with Gasteiger partial charge in [-0.15, -0.1) is 0 Å². The smallest absolute Gasteiger partial charge is 0.217 e. The largest absolute Gasteiger partial charge is 0.349 e. The summed E-state index contributed by atoms with van der Waals surface area (Å²) in [4.78, 5) is -0.314. The molecule has 1 aromatic carbocycles. The molecule has 0 aliphatic carbocycles. The highest BCUT2D eigenvalue weighted by molar-refractivity contribution is 7.92. The van der Waals surface area contributed by atoms with Crippen molar-refractivity contribution in [3.05, 3.63) is 30.3 Å². The van der Waals surface area contributed by atoms with Crippen LogP contribution in [0.25, 0.3) is 0 Å². The van der Waals surface area contributed by atoms with Gasteiger partial charge in [-0.05, 0) is 12.1 Å². The van der Waals surface area contributed by atoms with Crippen molar-refractivity contribution >= 4 is 17.9 Å². The van der Waals surface area contributed by atoms with Crippen molar-refractivity contribution < 1.29 is 17.2 Å². The van der Waals surface area contributed by atoms with E-state index in [9.17, 15) is 17.2 Å². The van der Waals surface area contributed by atoms with E-state index in [-0.39, 0.29) is 10.9 Å². The fourth-order valence-corrected chi connectivity index (χ4v) is 3.90. The third-order valence-electron chi connectivity index (χ3n) is 2.61.